The van der Waals surface area contributed by atoms with E-state index in [9.17, 15) is 9.90 Å². The van der Waals surface area contributed by atoms with Gasteiger partial charge in [0.15, 0.2) is 0 Å². The Hall–Kier alpha value is 0.0274. The molecule has 1 atom stereocenters. The number of carbonyl (C=O) groups is 1. The van der Waals surface area contributed by atoms with Gasteiger partial charge in [-0.3, -0.25) is 0 Å². The van der Waals surface area contributed by atoms with Crippen LogP contribution in [-0.2, 0) is 4.79 Å². The first-order chi connectivity index (χ1) is 13.7. The fraction of sp³-hybridized carbons (Fsp3) is 0.960. The molecule has 3 nitrogen and oxygen atoms in total. The molecule has 0 aromatic heterocycles. The maximum atomic E-state index is 10.8. The van der Waals surface area contributed by atoms with Gasteiger partial charge in [0.1, 0.15) is 0 Å². The van der Waals surface area contributed by atoms with Gasteiger partial charge >= 0.3 is 18.9 Å². The number of nitrogens with zero attached hydrogens (tertiary/aromatic N) is 1. The summed E-state index contributed by atoms with van der Waals surface area (Å²) in [6, 6.07) is 0.541. The van der Waals surface area contributed by atoms with Gasteiger partial charge in [0.25, 0.3) is 0 Å². The van der Waals surface area contributed by atoms with E-state index in [4.69, 9.17) is 0 Å². The van der Waals surface area contributed by atoms with Gasteiger partial charge in [0.05, 0.1) is 0 Å². The van der Waals surface area contributed by atoms with Gasteiger partial charge in [-0.15, -0.1) is 0 Å². The van der Waals surface area contributed by atoms with Crippen LogP contribution in [0.15, 0.2) is 0 Å². The second-order valence-electron chi connectivity index (χ2n) is 8.60. The molecule has 1 unspecified atom stereocenters. The minimum Gasteiger partial charge on any atom is -0.550 e. The van der Waals surface area contributed by atoms with Crippen molar-refractivity contribution < 1.29 is 28.8 Å². The number of hydrogen-bond donors (Lipinski definition) is 0. The molecule has 0 bridgehead atoms. The van der Waals surface area contributed by atoms with E-state index in [0.29, 0.717) is 6.04 Å². The Balaban J connectivity index is 0. The van der Waals surface area contributed by atoms with Crippen molar-refractivity contribution in [2.45, 2.75) is 142 Å². The van der Waals surface area contributed by atoms with Gasteiger partial charge in [0, 0.05) is 12.0 Å². The fourth-order valence-corrected chi connectivity index (χ4v) is 4.15. The number of rotatable bonds is 22. The van der Waals surface area contributed by atoms with Crippen LogP contribution in [-0.4, -0.2) is 30.0 Å². The fourth-order valence-electron chi connectivity index (χ4n) is 4.15. The average Bonchev–Trinajstić information content (AvgIpc) is 2.68. The van der Waals surface area contributed by atoms with Crippen LogP contribution in [0.5, 0.6) is 0 Å². The van der Waals surface area contributed by atoms with Crippen molar-refractivity contribution in [3.63, 3.8) is 0 Å². The Morgan fingerprint density at radius 2 is 1.10 bits per heavy atom. The van der Waals surface area contributed by atoms with Crippen LogP contribution in [0.4, 0.5) is 0 Å². The topological polar surface area (TPSA) is 43.4 Å². The van der Waals surface area contributed by atoms with E-state index >= 15 is 0 Å². The van der Waals surface area contributed by atoms with E-state index in [0.717, 1.165) is 19.3 Å². The van der Waals surface area contributed by atoms with Crippen LogP contribution in [0.25, 0.3) is 0 Å². The Morgan fingerprint density at radius 3 is 1.48 bits per heavy atom. The average molecular weight is 404 g/mol. The normalized spacial score (nSPS) is 12.1. The van der Waals surface area contributed by atoms with E-state index in [1.807, 2.05) is 0 Å². The van der Waals surface area contributed by atoms with Gasteiger partial charge in [-0.2, -0.15) is 0 Å². The summed E-state index contributed by atoms with van der Waals surface area (Å²) >= 11 is 0. The predicted octanol–water partition coefficient (Wildman–Crippen LogP) is 3.49. The molecule has 4 heteroatoms. The van der Waals surface area contributed by atoms with Crippen molar-refractivity contribution in [1.82, 2.24) is 4.90 Å². The maximum absolute atomic E-state index is 10.8. The molecule has 0 aliphatic carbocycles. The van der Waals surface area contributed by atoms with Crippen molar-refractivity contribution in [2.24, 2.45) is 0 Å². The largest absolute Gasteiger partial charge is 1.00 e. The number of carboxylic acid groups (broad SMARTS) is 1. The molecule has 0 aromatic rings. The third-order valence-electron chi connectivity index (χ3n) is 6.00. The summed E-state index contributed by atoms with van der Waals surface area (Å²) in [7, 11) is 0. The Bertz CT molecular complexity index is 321. The molecule has 0 aliphatic heterocycles. The van der Waals surface area contributed by atoms with Crippen molar-refractivity contribution in [3.05, 3.63) is 0 Å². The van der Waals surface area contributed by atoms with Crippen molar-refractivity contribution >= 4 is 5.97 Å². The second-order valence-corrected chi connectivity index (χ2v) is 8.60. The Kier molecular flexibility index (Phi) is 26.2. The van der Waals surface area contributed by atoms with Gasteiger partial charge in [-0.05, 0) is 51.6 Å². The molecule has 0 amide bonds. The number of unbranched alkanes of at least 4 members (excludes halogenated alkanes) is 12. The molecule has 0 rings (SSSR count). The van der Waals surface area contributed by atoms with Crippen molar-refractivity contribution in [2.75, 3.05) is 13.1 Å². The molecule has 0 radical (unpaired) electrons. The summed E-state index contributed by atoms with van der Waals surface area (Å²) in [6.07, 6.45) is 22.0. The number of carbonyl (C=O) groups excluding carboxylic acids is 1. The summed E-state index contributed by atoms with van der Waals surface area (Å²) in [4.78, 5) is 13.4. The number of aliphatic carboxylic acids is 1. The molecule has 0 fully saturated rings. The van der Waals surface area contributed by atoms with Crippen LogP contribution in [0, 0.1) is 0 Å². The summed E-state index contributed by atoms with van der Waals surface area (Å²) in [6.45, 7) is 9.17. The standard InChI is InChI=1S/C25H51NO2.Li/c1-4-7-9-11-13-15-17-22-26(23-18-16-14-12-10-8-5-2)24(6-3)20-19-21-25(27)28;/h24H,4-23H2,1-3H3,(H,27,28);/q;+1/p-1. The first kappa shape index (κ1) is 31.2. The van der Waals surface area contributed by atoms with Gasteiger partial charge < -0.3 is 14.8 Å². The van der Waals surface area contributed by atoms with Crippen molar-refractivity contribution in [1.29, 1.82) is 0 Å². The third kappa shape index (κ3) is 21.1. The van der Waals surface area contributed by atoms with Gasteiger partial charge in [0.2, 0.25) is 0 Å². The van der Waals surface area contributed by atoms with E-state index in [2.05, 4.69) is 25.7 Å². The first-order valence-electron chi connectivity index (χ1n) is 12.6. The van der Waals surface area contributed by atoms with Crippen LogP contribution >= 0.6 is 0 Å². The van der Waals surface area contributed by atoms with Crippen LogP contribution in [0.2, 0.25) is 0 Å². The zero-order valence-electron chi connectivity index (χ0n) is 20.5. The maximum Gasteiger partial charge on any atom is 1.00 e. The first-order valence-corrected chi connectivity index (χ1v) is 12.6. The predicted molar refractivity (Wildman–Crippen MR) is 120 cm³/mol. The molecule has 0 spiro atoms. The van der Waals surface area contributed by atoms with Crippen LogP contribution < -0.4 is 24.0 Å². The van der Waals surface area contributed by atoms with E-state index in [1.54, 1.807) is 0 Å². The smallest absolute Gasteiger partial charge is 0.550 e. The molecule has 0 aliphatic rings. The molecule has 0 aromatic carbocycles. The number of carboxylic acids is 1. The molecule has 0 saturated carbocycles. The van der Waals surface area contributed by atoms with Gasteiger partial charge in [-0.25, -0.2) is 0 Å². The Morgan fingerprint density at radius 1 is 0.690 bits per heavy atom. The molecular weight excluding hydrogens is 353 g/mol. The van der Waals surface area contributed by atoms with Crippen LogP contribution in [0.3, 0.4) is 0 Å². The van der Waals surface area contributed by atoms with Gasteiger partial charge in [-0.1, -0.05) is 97.8 Å². The summed E-state index contributed by atoms with van der Waals surface area (Å²) in [5, 5.41) is 10.8. The minimum atomic E-state index is -0.902. The van der Waals surface area contributed by atoms with E-state index in [-0.39, 0.29) is 25.3 Å². The zero-order chi connectivity index (χ0) is 20.9. The van der Waals surface area contributed by atoms with E-state index in [1.165, 1.54) is 103 Å². The monoisotopic (exact) mass is 403 g/mol. The van der Waals surface area contributed by atoms with Crippen molar-refractivity contribution in [3.8, 4) is 0 Å². The SMILES string of the molecule is CCCCCCCCCN(CCCCCCCCC)C(CC)CCCC(=O)[O-].[Li+]. The number of hydrogen-bond acceptors (Lipinski definition) is 3. The minimum absolute atomic E-state index is 0. The summed E-state index contributed by atoms with van der Waals surface area (Å²) in [5.74, 6) is -0.902. The molecule has 168 valence electrons. The zero-order valence-corrected chi connectivity index (χ0v) is 20.5. The Labute approximate surface area is 195 Å². The molecular formula is C25H50LiNO2. The molecule has 29 heavy (non-hydrogen) atoms. The molecule has 0 N–H and O–H groups in total. The molecule has 0 saturated heterocycles. The second kappa shape index (κ2) is 24.3. The third-order valence-corrected chi connectivity index (χ3v) is 6.00. The molecule has 0 heterocycles. The van der Waals surface area contributed by atoms with E-state index < -0.39 is 5.97 Å². The quantitative estimate of drug-likeness (QED) is 0.205. The summed E-state index contributed by atoms with van der Waals surface area (Å²) < 4.78 is 0. The summed E-state index contributed by atoms with van der Waals surface area (Å²) in [5.41, 5.74) is 0. The van der Waals surface area contributed by atoms with Crippen LogP contribution in [0.1, 0.15) is 136 Å².